The van der Waals surface area contributed by atoms with E-state index in [2.05, 4.69) is 5.32 Å². The van der Waals surface area contributed by atoms with Crippen molar-refractivity contribution >= 4 is 11.7 Å². The van der Waals surface area contributed by atoms with E-state index >= 15 is 0 Å². The first-order valence-corrected chi connectivity index (χ1v) is 5.61. The number of nitrogens with one attached hydrogen (secondary N) is 1. The summed E-state index contributed by atoms with van der Waals surface area (Å²) in [4.78, 5) is 22.9. The average Bonchev–Trinajstić information content (AvgIpc) is 2.29. The third kappa shape index (κ3) is 4.36. The molecule has 0 bridgehead atoms. The van der Waals surface area contributed by atoms with Gasteiger partial charge in [0.05, 0.1) is 12.1 Å². The molecule has 3 N–H and O–H groups in total. The Labute approximate surface area is 101 Å². The number of amides is 1. The van der Waals surface area contributed by atoms with E-state index in [-0.39, 0.29) is 11.7 Å². The van der Waals surface area contributed by atoms with Crippen LogP contribution in [0.1, 0.15) is 19.4 Å². The minimum atomic E-state index is -0.604. The van der Waals surface area contributed by atoms with Gasteiger partial charge in [0.25, 0.3) is 0 Å². The quantitative estimate of drug-likeness (QED) is 0.785. The van der Waals surface area contributed by atoms with Gasteiger partial charge in [0, 0.05) is 0 Å². The number of rotatable bonds is 5. The number of benzene rings is 1. The molecule has 0 heterocycles. The zero-order valence-electron chi connectivity index (χ0n) is 10.1. The van der Waals surface area contributed by atoms with E-state index in [0.717, 1.165) is 5.56 Å². The van der Waals surface area contributed by atoms with E-state index in [1.54, 1.807) is 6.92 Å². The largest absolute Gasteiger partial charge is 0.345 e. The van der Waals surface area contributed by atoms with Crippen molar-refractivity contribution < 1.29 is 9.59 Å². The molecule has 92 valence electrons. The molecule has 0 aliphatic rings. The van der Waals surface area contributed by atoms with E-state index in [4.69, 9.17) is 5.73 Å². The first-order valence-electron chi connectivity index (χ1n) is 5.61. The van der Waals surface area contributed by atoms with Gasteiger partial charge in [-0.3, -0.25) is 9.59 Å². The molecule has 0 saturated carbocycles. The first-order chi connectivity index (χ1) is 8.00. The highest BCUT2D eigenvalue weighted by Gasteiger charge is 2.19. The van der Waals surface area contributed by atoms with Crippen LogP contribution < -0.4 is 11.1 Å². The number of nitrogens with two attached hydrogens (primary N) is 1. The molecule has 0 fully saturated rings. The lowest BCUT2D eigenvalue weighted by Gasteiger charge is -2.17. The van der Waals surface area contributed by atoms with Gasteiger partial charge in [-0.05, 0) is 25.8 Å². The molecule has 2 atom stereocenters. The molecule has 1 rings (SSSR count). The van der Waals surface area contributed by atoms with Crippen LogP contribution in [0, 0.1) is 0 Å². The normalized spacial score (nSPS) is 13.8. The summed E-state index contributed by atoms with van der Waals surface area (Å²) in [7, 11) is 0. The number of hydrogen-bond acceptors (Lipinski definition) is 3. The molecule has 1 aromatic rings. The first kappa shape index (κ1) is 13.4. The van der Waals surface area contributed by atoms with Crippen LogP contribution in [0.3, 0.4) is 0 Å². The van der Waals surface area contributed by atoms with Crippen LogP contribution >= 0.6 is 0 Å². The highest BCUT2D eigenvalue weighted by Crippen LogP contribution is 2.04. The lowest BCUT2D eigenvalue weighted by Crippen LogP contribution is -2.47. The van der Waals surface area contributed by atoms with Gasteiger partial charge < -0.3 is 11.1 Å². The second kappa shape index (κ2) is 6.15. The van der Waals surface area contributed by atoms with Crippen molar-refractivity contribution in [3.8, 4) is 0 Å². The van der Waals surface area contributed by atoms with Crippen molar-refractivity contribution in [3.63, 3.8) is 0 Å². The molecule has 0 aliphatic carbocycles. The lowest BCUT2D eigenvalue weighted by atomic mass is 10.0. The highest BCUT2D eigenvalue weighted by molar-refractivity contribution is 5.89. The zero-order valence-corrected chi connectivity index (χ0v) is 10.1. The maximum atomic E-state index is 11.5. The van der Waals surface area contributed by atoms with Crippen molar-refractivity contribution in [1.82, 2.24) is 5.32 Å². The van der Waals surface area contributed by atoms with Crippen LogP contribution in [-0.2, 0) is 16.0 Å². The van der Waals surface area contributed by atoms with Crippen molar-refractivity contribution in [2.24, 2.45) is 5.73 Å². The van der Waals surface area contributed by atoms with Gasteiger partial charge in [-0.1, -0.05) is 30.3 Å². The summed E-state index contributed by atoms with van der Waals surface area (Å²) in [5.41, 5.74) is 6.47. The fraction of sp³-hybridized carbons (Fsp3) is 0.385. The summed E-state index contributed by atoms with van der Waals surface area (Å²) in [6.07, 6.45) is 0.495. The van der Waals surface area contributed by atoms with E-state index in [1.165, 1.54) is 6.92 Å². The topological polar surface area (TPSA) is 72.2 Å². The molecule has 0 aliphatic heterocycles. The monoisotopic (exact) mass is 234 g/mol. The number of Topliss-reactive ketones (excluding diaryl/α,β-unsaturated/α-hetero) is 1. The minimum Gasteiger partial charge on any atom is -0.345 e. The van der Waals surface area contributed by atoms with E-state index < -0.39 is 12.1 Å². The van der Waals surface area contributed by atoms with Gasteiger partial charge in [0.15, 0.2) is 5.78 Å². The maximum absolute atomic E-state index is 11.5. The van der Waals surface area contributed by atoms with E-state index in [9.17, 15) is 9.59 Å². The van der Waals surface area contributed by atoms with Crippen LogP contribution in [0.25, 0.3) is 0 Å². The lowest BCUT2D eigenvalue weighted by molar-refractivity contribution is -0.127. The number of hydrogen-bond donors (Lipinski definition) is 2. The smallest absolute Gasteiger partial charge is 0.237 e. The molecule has 0 saturated heterocycles. The van der Waals surface area contributed by atoms with Crippen LogP contribution in [0.4, 0.5) is 0 Å². The third-order valence-electron chi connectivity index (χ3n) is 2.50. The zero-order chi connectivity index (χ0) is 12.8. The molecule has 4 heteroatoms. The van der Waals surface area contributed by atoms with Crippen molar-refractivity contribution in [2.75, 3.05) is 0 Å². The molecular weight excluding hydrogens is 216 g/mol. The Morgan fingerprint density at radius 3 is 2.35 bits per heavy atom. The SMILES string of the molecule is CC(=O)C(Cc1ccccc1)NC(=O)C(C)N. The molecule has 2 unspecified atom stereocenters. The van der Waals surface area contributed by atoms with Crippen molar-refractivity contribution in [1.29, 1.82) is 0 Å². The summed E-state index contributed by atoms with van der Waals surface area (Å²) in [6, 6.07) is 8.46. The Balaban J connectivity index is 2.68. The summed E-state index contributed by atoms with van der Waals surface area (Å²) in [6.45, 7) is 3.06. The summed E-state index contributed by atoms with van der Waals surface area (Å²) in [5.74, 6) is -0.371. The highest BCUT2D eigenvalue weighted by atomic mass is 16.2. The van der Waals surface area contributed by atoms with Crippen LogP contribution in [0.2, 0.25) is 0 Å². The maximum Gasteiger partial charge on any atom is 0.237 e. The summed E-state index contributed by atoms with van der Waals surface area (Å²) < 4.78 is 0. The Kier molecular flexibility index (Phi) is 4.84. The second-order valence-corrected chi connectivity index (χ2v) is 4.15. The molecular formula is C13H18N2O2. The molecule has 17 heavy (non-hydrogen) atoms. The molecule has 1 amide bonds. The Hall–Kier alpha value is -1.68. The minimum absolute atomic E-state index is 0.0668. The molecule has 0 radical (unpaired) electrons. The Bertz CT molecular complexity index is 388. The van der Waals surface area contributed by atoms with Crippen LogP contribution in [0.5, 0.6) is 0 Å². The fourth-order valence-corrected chi connectivity index (χ4v) is 1.45. The van der Waals surface area contributed by atoms with Gasteiger partial charge in [-0.15, -0.1) is 0 Å². The van der Waals surface area contributed by atoms with E-state index in [0.29, 0.717) is 6.42 Å². The van der Waals surface area contributed by atoms with Crippen LogP contribution in [-0.4, -0.2) is 23.8 Å². The standard InChI is InChI=1S/C13H18N2O2/c1-9(14)13(17)15-12(10(2)16)8-11-6-4-3-5-7-11/h3-7,9,12H,8,14H2,1-2H3,(H,15,17). The molecule has 4 nitrogen and oxygen atoms in total. The molecule has 0 aromatic heterocycles. The predicted molar refractivity (Wildman–Crippen MR) is 66.4 cm³/mol. The van der Waals surface area contributed by atoms with Gasteiger partial charge in [-0.25, -0.2) is 0 Å². The molecule has 1 aromatic carbocycles. The Morgan fingerprint density at radius 1 is 1.29 bits per heavy atom. The summed E-state index contributed by atoms with van der Waals surface area (Å²) >= 11 is 0. The fourth-order valence-electron chi connectivity index (χ4n) is 1.45. The second-order valence-electron chi connectivity index (χ2n) is 4.15. The van der Waals surface area contributed by atoms with Gasteiger partial charge in [-0.2, -0.15) is 0 Å². The van der Waals surface area contributed by atoms with Crippen molar-refractivity contribution in [3.05, 3.63) is 35.9 Å². The third-order valence-corrected chi connectivity index (χ3v) is 2.50. The van der Waals surface area contributed by atoms with Gasteiger partial charge in [0.2, 0.25) is 5.91 Å². The predicted octanol–water partition coefficient (Wildman–Crippen LogP) is 0.650. The van der Waals surface area contributed by atoms with Gasteiger partial charge >= 0.3 is 0 Å². The van der Waals surface area contributed by atoms with Crippen LogP contribution in [0.15, 0.2) is 30.3 Å². The number of carbonyl (C=O) groups is 2. The summed E-state index contributed by atoms with van der Waals surface area (Å²) in [5, 5.41) is 2.65. The number of ketones is 1. The Morgan fingerprint density at radius 2 is 1.88 bits per heavy atom. The average molecular weight is 234 g/mol. The van der Waals surface area contributed by atoms with E-state index in [1.807, 2.05) is 30.3 Å². The van der Waals surface area contributed by atoms with Crippen molar-refractivity contribution in [2.45, 2.75) is 32.4 Å². The number of carbonyl (C=O) groups excluding carboxylic acids is 2. The molecule has 0 spiro atoms. The van der Waals surface area contributed by atoms with Gasteiger partial charge in [0.1, 0.15) is 0 Å².